The van der Waals surface area contributed by atoms with E-state index in [2.05, 4.69) is 6.92 Å². The molecule has 5 N–H and O–H groups in total. The molecule has 300 valence electrons. The summed E-state index contributed by atoms with van der Waals surface area (Å²) in [7, 11) is 0. The van der Waals surface area contributed by atoms with Gasteiger partial charge in [0.2, 0.25) is 0 Å². The number of rotatable bonds is 7. The summed E-state index contributed by atoms with van der Waals surface area (Å²) in [4.78, 5) is 36.9. The highest BCUT2D eigenvalue weighted by atomic mass is 16.3. The van der Waals surface area contributed by atoms with Crippen molar-refractivity contribution in [1.29, 1.82) is 0 Å². The third-order valence-electron chi connectivity index (χ3n) is 10.8. The molecule has 0 fully saturated rings. The lowest BCUT2D eigenvalue weighted by Crippen LogP contribution is -2.17. The van der Waals surface area contributed by atoms with Crippen LogP contribution in [0.5, 0.6) is 17.2 Å². The number of benzene rings is 3. The normalized spacial score (nSPS) is 13.4. The fourth-order valence-corrected chi connectivity index (χ4v) is 6.58. The van der Waals surface area contributed by atoms with Crippen LogP contribution in [0.4, 0.5) is 0 Å². The number of aryl methyl sites for hydroxylation is 3. The summed E-state index contributed by atoms with van der Waals surface area (Å²) in [6.07, 6.45) is 0.831. The molecule has 0 spiro atoms. The molecule has 3 heterocycles. The van der Waals surface area contributed by atoms with Crippen LogP contribution in [0, 0.1) is 41.5 Å². The Hall–Kier alpha value is -5.39. The number of aliphatic hydroxyl groups excluding tert-OH is 2. The first kappa shape index (κ1) is 43.3. The molecule has 0 aliphatic rings. The van der Waals surface area contributed by atoms with Crippen molar-refractivity contribution in [2.24, 2.45) is 0 Å². The summed E-state index contributed by atoms with van der Waals surface area (Å²) in [6.45, 7) is 19.9. The second kappa shape index (κ2) is 17.6. The van der Waals surface area contributed by atoms with Crippen molar-refractivity contribution in [2.45, 2.75) is 113 Å². The number of fused-ring (bicyclic) bond motifs is 3. The van der Waals surface area contributed by atoms with Crippen LogP contribution in [-0.2, 0) is 0 Å². The quantitative estimate of drug-likeness (QED) is 0.104. The zero-order valence-corrected chi connectivity index (χ0v) is 34.1. The summed E-state index contributed by atoms with van der Waals surface area (Å²) in [5, 5.41) is 49.3. The van der Waals surface area contributed by atoms with Gasteiger partial charge in [-0.25, -0.2) is 0 Å². The molecule has 0 aliphatic carbocycles. The molecule has 11 nitrogen and oxygen atoms in total. The summed E-state index contributed by atoms with van der Waals surface area (Å²) in [5.41, 5.74) is 4.57. The van der Waals surface area contributed by atoms with E-state index in [0.29, 0.717) is 84.2 Å². The lowest BCUT2D eigenvalue weighted by Gasteiger charge is -2.17. The predicted octanol–water partition coefficient (Wildman–Crippen LogP) is 8.83. The van der Waals surface area contributed by atoms with E-state index >= 15 is 0 Å². The minimum Gasteiger partial charge on any atom is -0.508 e. The number of hydrogen-bond acceptors (Lipinski definition) is 11. The van der Waals surface area contributed by atoms with Gasteiger partial charge in [-0.2, -0.15) is 0 Å². The average Bonchev–Trinajstić information content (AvgIpc) is 3.17. The van der Waals surface area contributed by atoms with Gasteiger partial charge in [0, 0.05) is 57.7 Å². The van der Waals surface area contributed by atoms with Gasteiger partial charge >= 0.3 is 0 Å². The van der Waals surface area contributed by atoms with E-state index < -0.39 is 6.10 Å². The highest BCUT2D eigenvalue weighted by Crippen LogP contribution is 2.32. The zero-order chi connectivity index (χ0) is 41.9. The first-order chi connectivity index (χ1) is 26.3. The monoisotopic (exact) mass is 770 g/mol. The van der Waals surface area contributed by atoms with E-state index in [4.69, 9.17) is 18.4 Å². The minimum atomic E-state index is -0.614. The van der Waals surface area contributed by atoms with Gasteiger partial charge in [0.05, 0.1) is 22.3 Å². The van der Waals surface area contributed by atoms with Crippen molar-refractivity contribution in [3.05, 3.63) is 118 Å². The molecule has 56 heavy (non-hydrogen) atoms. The molecule has 0 bridgehead atoms. The molecule has 6 rings (SSSR count). The highest BCUT2D eigenvalue weighted by Gasteiger charge is 2.22. The lowest BCUT2D eigenvalue weighted by molar-refractivity contribution is 0.158. The molecule has 0 saturated carbocycles. The van der Waals surface area contributed by atoms with Crippen LogP contribution in [0.25, 0.3) is 32.9 Å². The molecule has 0 amide bonds. The van der Waals surface area contributed by atoms with Gasteiger partial charge in [-0.1, -0.05) is 27.7 Å². The summed E-state index contributed by atoms with van der Waals surface area (Å²) < 4.78 is 17.5. The Morgan fingerprint density at radius 2 is 0.839 bits per heavy atom. The fourth-order valence-electron chi connectivity index (χ4n) is 6.58. The molecule has 11 heteroatoms. The van der Waals surface area contributed by atoms with E-state index in [1.807, 2.05) is 13.8 Å². The second-order valence-corrected chi connectivity index (χ2v) is 14.8. The number of phenolic OH excluding ortho intramolecular Hbond substituents is 3. The maximum Gasteiger partial charge on any atom is 0.195 e. The average molecular weight is 771 g/mol. The molecule has 6 aromatic rings. The van der Waals surface area contributed by atoms with Crippen molar-refractivity contribution in [3.8, 4) is 17.2 Å². The Balaban J connectivity index is 0.000000187. The third-order valence-corrected chi connectivity index (χ3v) is 10.8. The van der Waals surface area contributed by atoms with Crippen LogP contribution in [0.1, 0.15) is 116 Å². The van der Waals surface area contributed by atoms with Gasteiger partial charge in [0.1, 0.15) is 51.3 Å². The van der Waals surface area contributed by atoms with Crippen molar-refractivity contribution >= 4 is 32.9 Å². The van der Waals surface area contributed by atoms with E-state index in [9.17, 15) is 34.8 Å². The van der Waals surface area contributed by atoms with E-state index in [-0.39, 0.29) is 57.9 Å². The third kappa shape index (κ3) is 8.39. The van der Waals surface area contributed by atoms with Crippen molar-refractivity contribution in [2.75, 3.05) is 6.61 Å². The first-order valence-corrected chi connectivity index (χ1v) is 18.8. The maximum atomic E-state index is 12.3. The molecule has 0 radical (unpaired) electrons. The highest BCUT2D eigenvalue weighted by molar-refractivity contribution is 5.84. The van der Waals surface area contributed by atoms with E-state index in [0.717, 1.165) is 12.2 Å². The van der Waals surface area contributed by atoms with E-state index in [1.54, 1.807) is 73.6 Å². The molecule has 4 atom stereocenters. The number of aliphatic hydroxyl groups is 2. The van der Waals surface area contributed by atoms with Crippen LogP contribution in [0.3, 0.4) is 0 Å². The smallest absolute Gasteiger partial charge is 0.195 e. The van der Waals surface area contributed by atoms with Crippen LogP contribution in [0.2, 0.25) is 0 Å². The van der Waals surface area contributed by atoms with Gasteiger partial charge in [0.15, 0.2) is 16.3 Å². The molecule has 3 aromatic heterocycles. The Kier molecular flexibility index (Phi) is 13.6. The van der Waals surface area contributed by atoms with Crippen LogP contribution < -0.4 is 16.3 Å². The van der Waals surface area contributed by atoms with Gasteiger partial charge < -0.3 is 38.8 Å². The SMILES string of the molecule is CCC(C)c1oc2c(C)c(O)ccc2c(=O)c1C.Cc1c(C(C)C(C)O)oc2c(C)c(O)ccc2c1=O.Cc1c(C(C)CCO)oc2c(C)c(O)ccc2c1=O. The number of aromatic hydroxyl groups is 3. The second-order valence-electron chi connectivity index (χ2n) is 14.8. The number of hydrogen-bond donors (Lipinski definition) is 5. The van der Waals surface area contributed by atoms with Crippen molar-refractivity contribution in [3.63, 3.8) is 0 Å². The summed E-state index contributed by atoms with van der Waals surface area (Å²) in [6, 6.07) is 9.30. The molecular formula is C45H54O11. The molecule has 3 aromatic carbocycles. The Morgan fingerprint density at radius 1 is 0.518 bits per heavy atom. The molecule has 0 saturated heterocycles. The molecule has 4 unspecified atom stereocenters. The lowest BCUT2D eigenvalue weighted by atomic mass is 9.97. The minimum absolute atomic E-state index is 0.00495. The maximum absolute atomic E-state index is 12.3. The fraction of sp³-hybridized carbons (Fsp3) is 0.400. The van der Waals surface area contributed by atoms with Crippen LogP contribution in [-0.4, -0.2) is 38.2 Å². The van der Waals surface area contributed by atoms with Crippen LogP contribution >= 0.6 is 0 Å². The predicted molar refractivity (Wildman–Crippen MR) is 220 cm³/mol. The van der Waals surface area contributed by atoms with Crippen molar-refractivity contribution < 1.29 is 38.8 Å². The standard InChI is InChI=1S/2C15H18O4.C15H18O3/c1-7(10(4)16)14-9(3)13(18)11-5-6-12(17)8(2)15(11)19-14;1-8(6-7-16)14-10(3)13(18)11-4-5-12(17)9(2)15(11)19-14;1-5-8(2)14-10(4)13(17)11-6-7-12(16)9(3)15(11)18-14/h5-7,10,16-17H,1-4H3;4-5,8,16-17H,6-7H2,1-3H3;6-8,16H,5H2,1-4H3. The van der Waals surface area contributed by atoms with Gasteiger partial charge in [-0.05, 0) is 97.7 Å². The zero-order valence-electron chi connectivity index (χ0n) is 34.1. The van der Waals surface area contributed by atoms with Crippen molar-refractivity contribution in [1.82, 2.24) is 0 Å². The summed E-state index contributed by atoms with van der Waals surface area (Å²) >= 11 is 0. The first-order valence-electron chi connectivity index (χ1n) is 18.8. The van der Waals surface area contributed by atoms with Crippen LogP contribution in [0.15, 0.2) is 64.0 Å². The summed E-state index contributed by atoms with van der Waals surface area (Å²) in [5.74, 6) is 2.02. The number of phenols is 3. The molecule has 0 aliphatic heterocycles. The van der Waals surface area contributed by atoms with Gasteiger partial charge in [-0.15, -0.1) is 0 Å². The van der Waals surface area contributed by atoms with Gasteiger partial charge in [0.25, 0.3) is 0 Å². The van der Waals surface area contributed by atoms with Gasteiger partial charge in [-0.3, -0.25) is 14.4 Å². The largest absolute Gasteiger partial charge is 0.508 e. The Bertz CT molecular complexity index is 2570. The van der Waals surface area contributed by atoms with E-state index in [1.165, 1.54) is 18.2 Å². The topological polar surface area (TPSA) is 192 Å². The Labute approximate surface area is 325 Å². The molecular weight excluding hydrogens is 716 g/mol. The Morgan fingerprint density at radius 3 is 1.16 bits per heavy atom.